The summed E-state index contributed by atoms with van der Waals surface area (Å²) in [6, 6.07) is 7.26. The molecule has 3 N–H and O–H groups in total. The van der Waals surface area contributed by atoms with Gasteiger partial charge in [0.25, 0.3) is 5.56 Å². The maximum Gasteiger partial charge on any atom is 0.459 e. The summed E-state index contributed by atoms with van der Waals surface area (Å²) in [4.78, 5) is 35.6. The van der Waals surface area contributed by atoms with Gasteiger partial charge in [0.05, 0.1) is 6.61 Å². The van der Waals surface area contributed by atoms with Crippen molar-refractivity contribution >= 4 is 13.7 Å². The molecule has 186 valence electrons. The number of hydrogen-bond donors (Lipinski definition) is 3. The van der Waals surface area contributed by atoms with E-state index >= 15 is 4.39 Å². The van der Waals surface area contributed by atoms with E-state index in [2.05, 4.69) is 5.09 Å². The van der Waals surface area contributed by atoms with Crippen LogP contribution in [-0.4, -0.2) is 55.8 Å². The van der Waals surface area contributed by atoms with Crippen molar-refractivity contribution in [1.82, 2.24) is 14.2 Å². The summed E-state index contributed by atoms with van der Waals surface area (Å²) in [5.74, 6) is -1.33. The number of aliphatic carboxylic acids is 1. The fourth-order valence-electron chi connectivity index (χ4n) is 3.43. The predicted molar refractivity (Wildman–Crippen MR) is 116 cm³/mol. The molecule has 0 aliphatic carbocycles. The van der Waals surface area contributed by atoms with Crippen LogP contribution in [0.2, 0.25) is 0 Å². The third kappa shape index (κ3) is 5.13. The molecule has 1 aliphatic heterocycles. The largest absolute Gasteiger partial charge is 0.480 e. The van der Waals surface area contributed by atoms with E-state index in [1.165, 1.54) is 26.1 Å². The Hall–Kier alpha value is -2.83. The molecule has 14 heteroatoms. The fourth-order valence-corrected chi connectivity index (χ4v) is 5.21. The lowest BCUT2D eigenvalue weighted by molar-refractivity contribution is -0.138. The second-order valence-corrected chi connectivity index (χ2v) is 9.53. The Morgan fingerprint density at radius 2 is 1.97 bits per heavy atom. The standard InChI is InChI=1S/C20H25FN3O9P/c1-12(17(27)28)22-34(30,32-13-7-5-4-6-8-13)33-16-14(11-25)31-18(20(16,2)21)24-10-9-15(26)23(3)19(24)29/h4-10,12,14,16,18,25H,11H2,1-3H3,(H,22,30)(H,27,28)/t12?,14-,16-,18+,20-,34+/m1/s1. The van der Waals surface area contributed by atoms with Crippen molar-refractivity contribution in [2.45, 2.75) is 44.0 Å². The van der Waals surface area contributed by atoms with Crippen molar-refractivity contribution in [3.8, 4) is 5.75 Å². The molecule has 12 nitrogen and oxygen atoms in total. The van der Waals surface area contributed by atoms with E-state index in [0.717, 1.165) is 28.3 Å². The minimum Gasteiger partial charge on any atom is -0.480 e. The third-order valence-corrected chi connectivity index (χ3v) is 6.93. The van der Waals surface area contributed by atoms with Gasteiger partial charge in [0, 0.05) is 19.3 Å². The smallest absolute Gasteiger partial charge is 0.459 e. The van der Waals surface area contributed by atoms with Gasteiger partial charge in [-0.1, -0.05) is 18.2 Å². The van der Waals surface area contributed by atoms with E-state index in [4.69, 9.17) is 13.8 Å². The number of nitrogens with zero attached hydrogens (tertiary/aromatic N) is 2. The molecule has 2 aromatic rings. The van der Waals surface area contributed by atoms with Crippen LogP contribution in [0.15, 0.2) is 52.2 Å². The van der Waals surface area contributed by atoms with Gasteiger partial charge < -0.3 is 19.5 Å². The van der Waals surface area contributed by atoms with Crippen LogP contribution in [0.3, 0.4) is 0 Å². The Balaban J connectivity index is 1.99. The van der Waals surface area contributed by atoms with Gasteiger partial charge in [-0.15, -0.1) is 0 Å². The highest BCUT2D eigenvalue weighted by atomic mass is 31.2. The highest BCUT2D eigenvalue weighted by molar-refractivity contribution is 7.52. The van der Waals surface area contributed by atoms with Crippen molar-refractivity contribution < 1.29 is 37.7 Å². The Kier molecular flexibility index (Phi) is 7.44. The third-order valence-electron chi connectivity index (χ3n) is 5.27. The molecule has 0 radical (unpaired) electrons. The van der Waals surface area contributed by atoms with Gasteiger partial charge >= 0.3 is 19.4 Å². The monoisotopic (exact) mass is 501 g/mol. The number of carbonyl (C=O) groups is 1. The quantitative estimate of drug-likeness (QED) is 0.420. The number of carboxylic acids is 1. The summed E-state index contributed by atoms with van der Waals surface area (Å²) in [5, 5.41) is 21.3. The molecule has 1 aromatic carbocycles. The number of carboxylic acid groups (broad SMARTS) is 1. The molecule has 3 rings (SSSR count). The zero-order chi connectivity index (χ0) is 25.3. The number of benzene rings is 1. The Morgan fingerprint density at radius 1 is 1.32 bits per heavy atom. The molecule has 1 fully saturated rings. The minimum atomic E-state index is -4.58. The van der Waals surface area contributed by atoms with Crippen LogP contribution in [0, 0.1) is 0 Å². The molecule has 0 bridgehead atoms. The summed E-state index contributed by atoms with van der Waals surface area (Å²) in [7, 11) is -3.39. The average molecular weight is 501 g/mol. The summed E-state index contributed by atoms with van der Waals surface area (Å²) in [5.41, 5.74) is -4.10. The van der Waals surface area contributed by atoms with Crippen LogP contribution in [0.4, 0.5) is 4.39 Å². The summed E-state index contributed by atoms with van der Waals surface area (Å²) >= 11 is 0. The van der Waals surface area contributed by atoms with Gasteiger partial charge in [-0.2, -0.15) is 5.09 Å². The van der Waals surface area contributed by atoms with E-state index in [1.807, 2.05) is 0 Å². The number of hydrogen-bond acceptors (Lipinski definition) is 8. The molecule has 0 spiro atoms. The number of halogens is 1. The molecule has 34 heavy (non-hydrogen) atoms. The lowest BCUT2D eigenvalue weighted by Gasteiger charge is -2.31. The van der Waals surface area contributed by atoms with Crippen LogP contribution in [-0.2, 0) is 25.7 Å². The second kappa shape index (κ2) is 9.80. The van der Waals surface area contributed by atoms with Crippen LogP contribution in [0.1, 0.15) is 20.1 Å². The van der Waals surface area contributed by atoms with Gasteiger partial charge in [-0.25, -0.2) is 13.8 Å². The zero-order valence-electron chi connectivity index (χ0n) is 18.5. The summed E-state index contributed by atoms with van der Waals surface area (Å²) < 4.78 is 47.7. The lowest BCUT2D eigenvalue weighted by atomic mass is 9.98. The molecule has 1 aliphatic rings. The maximum absolute atomic E-state index is 16.1. The molecule has 0 saturated carbocycles. The van der Waals surface area contributed by atoms with E-state index in [1.54, 1.807) is 18.2 Å². The summed E-state index contributed by atoms with van der Waals surface area (Å²) in [6.45, 7) is 1.40. The number of rotatable bonds is 9. The van der Waals surface area contributed by atoms with Crippen molar-refractivity contribution in [2.24, 2.45) is 7.05 Å². The Morgan fingerprint density at radius 3 is 2.56 bits per heavy atom. The van der Waals surface area contributed by atoms with Crippen molar-refractivity contribution in [3.05, 3.63) is 63.4 Å². The number of aliphatic hydroxyl groups is 1. The van der Waals surface area contributed by atoms with Gasteiger partial charge in [0.2, 0.25) is 0 Å². The number of aromatic nitrogens is 2. The number of alkyl halides is 1. The second-order valence-electron chi connectivity index (χ2n) is 7.88. The van der Waals surface area contributed by atoms with Crippen LogP contribution < -0.4 is 20.9 Å². The molecule has 0 amide bonds. The maximum atomic E-state index is 16.1. The first-order chi connectivity index (χ1) is 15.9. The highest BCUT2D eigenvalue weighted by Gasteiger charge is 2.59. The van der Waals surface area contributed by atoms with Crippen molar-refractivity contribution in [3.63, 3.8) is 0 Å². The first kappa shape index (κ1) is 25.8. The van der Waals surface area contributed by atoms with Crippen molar-refractivity contribution in [1.29, 1.82) is 0 Å². The molecule has 2 heterocycles. The Labute approximate surface area is 193 Å². The van der Waals surface area contributed by atoms with Crippen LogP contribution in [0.25, 0.3) is 0 Å². The van der Waals surface area contributed by atoms with Crippen LogP contribution in [0.5, 0.6) is 5.75 Å². The molecule has 1 unspecified atom stereocenters. The van der Waals surface area contributed by atoms with Crippen molar-refractivity contribution in [2.75, 3.05) is 6.61 Å². The molecular weight excluding hydrogens is 476 g/mol. The lowest BCUT2D eigenvalue weighted by Crippen LogP contribution is -2.47. The topological polar surface area (TPSA) is 158 Å². The average Bonchev–Trinajstić information content (AvgIpc) is 3.02. The fraction of sp³-hybridized carbons (Fsp3) is 0.450. The normalized spacial score (nSPS) is 27.1. The van der Waals surface area contributed by atoms with E-state index in [9.17, 15) is 29.2 Å². The first-order valence-corrected chi connectivity index (χ1v) is 11.7. The summed E-state index contributed by atoms with van der Waals surface area (Å²) in [6.07, 6.45) is -3.82. The van der Waals surface area contributed by atoms with Gasteiger partial charge in [-0.05, 0) is 26.0 Å². The molecule has 1 saturated heterocycles. The number of para-hydroxylation sites is 1. The Bertz CT molecular complexity index is 1200. The van der Waals surface area contributed by atoms with Gasteiger partial charge in [0.15, 0.2) is 11.9 Å². The zero-order valence-corrected chi connectivity index (χ0v) is 19.4. The number of aliphatic hydroxyl groups excluding tert-OH is 1. The predicted octanol–water partition coefficient (Wildman–Crippen LogP) is 0.800. The number of nitrogens with one attached hydrogen (secondary N) is 1. The molecular formula is C20H25FN3O9P. The van der Waals surface area contributed by atoms with Gasteiger partial charge in [0.1, 0.15) is 24.0 Å². The molecule has 6 atom stereocenters. The first-order valence-electron chi connectivity index (χ1n) is 10.2. The van der Waals surface area contributed by atoms with Gasteiger partial charge in [-0.3, -0.25) is 23.2 Å². The van der Waals surface area contributed by atoms with E-state index < -0.39 is 61.7 Å². The minimum absolute atomic E-state index is 0.0433. The van der Waals surface area contributed by atoms with Crippen LogP contribution >= 0.6 is 7.75 Å². The van der Waals surface area contributed by atoms with E-state index in [0.29, 0.717) is 0 Å². The number of ether oxygens (including phenoxy) is 1. The SMILES string of the molecule is CC(N[P@](=O)(Oc1ccccc1)O[C@@H]1[C@@H](CO)O[C@H](n2ccc(=O)n(C)c2=O)[C@]1(C)F)C(=O)O. The molecule has 1 aromatic heterocycles. The highest BCUT2D eigenvalue weighted by Crippen LogP contribution is 2.52. The van der Waals surface area contributed by atoms with E-state index in [-0.39, 0.29) is 5.75 Å².